The van der Waals surface area contributed by atoms with Gasteiger partial charge in [-0.1, -0.05) is 18.7 Å². The van der Waals surface area contributed by atoms with Gasteiger partial charge in [-0.3, -0.25) is 14.4 Å². The van der Waals surface area contributed by atoms with Gasteiger partial charge in [0.25, 0.3) is 0 Å². The summed E-state index contributed by atoms with van der Waals surface area (Å²) in [6.45, 7) is 3.75. The van der Waals surface area contributed by atoms with E-state index in [9.17, 15) is 14.4 Å². The Morgan fingerprint density at radius 2 is 1.86 bits per heavy atom. The summed E-state index contributed by atoms with van der Waals surface area (Å²) in [6, 6.07) is 6.86. The molecule has 0 aliphatic carbocycles. The Bertz CT molecular complexity index is 848. The molecule has 1 atom stereocenters. The molecule has 0 saturated carbocycles. The summed E-state index contributed by atoms with van der Waals surface area (Å²) in [5.41, 5.74) is 6.39. The first kappa shape index (κ1) is 21.6. The van der Waals surface area contributed by atoms with Crippen LogP contribution in [0.3, 0.4) is 0 Å². The SMILES string of the molecule is CCCC(=O)Nc1ccc(C(=O)[C@@H](C)Sc2nnc(CCC(N)=O)n2C)cc1. The first-order valence-corrected chi connectivity index (χ1v) is 9.97. The van der Waals surface area contributed by atoms with Crippen molar-refractivity contribution in [2.24, 2.45) is 12.8 Å². The van der Waals surface area contributed by atoms with Gasteiger partial charge in [-0.2, -0.15) is 0 Å². The van der Waals surface area contributed by atoms with Gasteiger partial charge >= 0.3 is 0 Å². The third kappa shape index (κ3) is 5.91. The number of amides is 2. The summed E-state index contributed by atoms with van der Waals surface area (Å²) in [6.07, 6.45) is 1.86. The molecule has 150 valence electrons. The van der Waals surface area contributed by atoms with Crippen molar-refractivity contribution in [3.05, 3.63) is 35.7 Å². The molecule has 2 amide bonds. The van der Waals surface area contributed by atoms with E-state index in [1.807, 2.05) is 13.8 Å². The topological polar surface area (TPSA) is 120 Å². The largest absolute Gasteiger partial charge is 0.370 e. The number of rotatable bonds is 10. The number of primary amides is 1. The van der Waals surface area contributed by atoms with Gasteiger partial charge in [0.1, 0.15) is 5.82 Å². The standard InChI is InChI=1S/C19H25N5O3S/c1-4-5-17(26)21-14-8-6-13(7-9-14)18(27)12(2)28-19-23-22-16(24(19)3)11-10-15(20)25/h6-9,12H,4-5,10-11H2,1-3H3,(H2,20,25)(H,21,26)/t12-/m1/s1. The van der Waals surface area contributed by atoms with Crippen molar-refractivity contribution in [2.45, 2.75) is 49.9 Å². The highest BCUT2D eigenvalue weighted by Crippen LogP contribution is 2.25. The molecule has 0 fully saturated rings. The number of aryl methyl sites for hydroxylation is 1. The van der Waals surface area contributed by atoms with Crippen molar-refractivity contribution >= 4 is 35.0 Å². The monoisotopic (exact) mass is 403 g/mol. The van der Waals surface area contributed by atoms with E-state index in [1.54, 1.807) is 35.9 Å². The summed E-state index contributed by atoms with van der Waals surface area (Å²) in [7, 11) is 1.80. The smallest absolute Gasteiger partial charge is 0.224 e. The molecule has 0 saturated heterocycles. The van der Waals surface area contributed by atoms with Crippen LogP contribution in [0.2, 0.25) is 0 Å². The number of nitrogens with two attached hydrogens (primary N) is 1. The van der Waals surface area contributed by atoms with Crippen LogP contribution in [0.25, 0.3) is 0 Å². The fraction of sp³-hybridized carbons (Fsp3) is 0.421. The van der Waals surface area contributed by atoms with E-state index in [4.69, 9.17) is 5.73 Å². The van der Waals surface area contributed by atoms with Crippen LogP contribution in [0.15, 0.2) is 29.4 Å². The fourth-order valence-electron chi connectivity index (χ4n) is 2.52. The third-order valence-electron chi connectivity index (χ3n) is 4.10. The van der Waals surface area contributed by atoms with Crippen molar-refractivity contribution < 1.29 is 14.4 Å². The lowest BCUT2D eigenvalue weighted by Crippen LogP contribution is -2.15. The fourth-order valence-corrected chi connectivity index (χ4v) is 3.43. The number of hydrogen-bond acceptors (Lipinski definition) is 6. The van der Waals surface area contributed by atoms with Crippen LogP contribution in [0.5, 0.6) is 0 Å². The zero-order chi connectivity index (χ0) is 20.7. The highest BCUT2D eigenvalue weighted by molar-refractivity contribution is 8.00. The average Bonchev–Trinajstić information content (AvgIpc) is 3.00. The first-order chi connectivity index (χ1) is 13.3. The molecule has 1 aromatic heterocycles. The Morgan fingerprint density at radius 1 is 1.18 bits per heavy atom. The van der Waals surface area contributed by atoms with Gasteiger partial charge in [-0.15, -0.1) is 10.2 Å². The molecule has 0 bridgehead atoms. The van der Waals surface area contributed by atoms with Gasteiger partial charge in [-0.25, -0.2) is 0 Å². The number of Topliss-reactive ketones (excluding diaryl/α,β-unsaturated/α-hetero) is 1. The van der Waals surface area contributed by atoms with Crippen LogP contribution in [0, 0.1) is 0 Å². The Morgan fingerprint density at radius 3 is 2.46 bits per heavy atom. The average molecular weight is 404 g/mol. The second kappa shape index (κ2) is 10.0. The first-order valence-electron chi connectivity index (χ1n) is 9.09. The Labute approximate surface area is 168 Å². The molecule has 0 aliphatic rings. The Balaban J connectivity index is 1.99. The maximum atomic E-state index is 12.7. The number of nitrogens with one attached hydrogen (secondary N) is 1. The van der Waals surface area contributed by atoms with E-state index < -0.39 is 5.91 Å². The van der Waals surface area contributed by atoms with E-state index in [0.29, 0.717) is 35.1 Å². The number of anilines is 1. The van der Waals surface area contributed by atoms with Crippen LogP contribution in [0.4, 0.5) is 5.69 Å². The summed E-state index contributed by atoms with van der Waals surface area (Å²) in [4.78, 5) is 35.3. The highest BCUT2D eigenvalue weighted by atomic mass is 32.2. The third-order valence-corrected chi connectivity index (χ3v) is 5.24. The van der Waals surface area contributed by atoms with E-state index in [-0.39, 0.29) is 23.4 Å². The molecule has 1 aromatic carbocycles. The number of nitrogens with zero attached hydrogens (tertiary/aromatic N) is 3. The van der Waals surface area contributed by atoms with Gasteiger partial charge in [0.05, 0.1) is 5.25 Å². The maximum Gasteiger partial charge on any atom is 0.224 e. The van der Waals surface area contributed by atoms with Crippen molar-refractivity contribution in [2.75, 3.05) is 5.32 Å². The quantitative estimate of drug-likeness (QED) is 0.464. The molecule has 0 spiro atoms. The lowest BCUT2D eigenvalue weighted by Gasteiger charge is -2.11. The summed E-state index contributed by atoms with van der Waals surface area (Å²) in [5, 5.41) is 11.2. The van der Waals surface area contributed by atoms with Gasteiger partial charge in [0.15, 0.2) is 10.9 Å². The van der Waals surface area contributed by atoms with Crippen LogP contribution in [-0.4, -0.2) is 37.6 Å². The summed E-state index contributed by atoms with van der Waals surface area (Å²) < 4.78 is 1.77. The van der Waals surface area contributed by atoms with Gasteiger partial charge in [0, 0.05) is 37.6 Å². The Hall–Kier alpha value is -2.68. The van der Waals surface area contributed by atoms with Gasteiger partial charge in [-0.05, 0) is 37.6 Å². The molecule has 0 aliphatic heterocycles. The number of carbonyl (C=O) groups is 3. The summed E-state index contributed by atoms with van der Waals surface area (Å²) >= 11 is 1.30. The van der Waals surface area contributed by atoms with Gasteiger partial charge in [0.2, 0.25) is 11.8 Å². The molecular weight excluding hydrogens is 378 g/mol. The summed E-state index contributed by atoms with van der Waals surface area (Å²) in [5.74, 6) is 0.168. The van der Waals surface area contributed by atoms with Crippen LogP contribution in [0.1, 0.15) is 49.3 Å². The minimum atomic E-state index is -0.393. The van der Waals surface area contributed by atoms with E-state index in [2.05, 4.69) is 15.5 Å². The van der Waals surface area contributed by atoms with Crippen molar-refractivity contribution in [1.82, 2.24) is 14.8 Å². The zero-order valence-corrected chi connectivity index (χ0v) is 17.1. The molecular formula is C19H25N5O3S. The lowest BCUT2D eigenvalue weighted by atomic mass is 10.1. The molecule has 1 heterocycles. The minimum Gasteiger partial charge on any atom is -0.370 e. The van der Waals surface area contributed by atoms with Crippen LogP contribution >= 0.6 is 11.8 Å². The predicted octanol–water partition coefficient (Wildman–Crippen LogP) is 2.34. The zero-order valence-electron chi connectivity index (χ0n) is 16.3. The maximum absolute atomic E-state index is 12.7. The molecule has 0 unspecified atom stereocenters. The van der Waals surface area contributed by atoms with E-state index in [1.165, 1.54) is 11.8 Å². The van der Waals surface area contributed by atoms with Crippen LogP contribution in [-0.2, 0) is 23.1 Å². The molecule has 0 radical (unpaired) electrons. The normalized spacial score (nSPS) is 11.8. The number of thioether (sulfide) groups is 1. The molecule has 28 heavy (non-hydrogen) atoms. The molecule has 2 rings (SSSR count). The molecule has 9 heteroatoms. The van der Waals surface area contributed by atoms with Gasteiger partial charge < -0.3 is 15.6 Å². The number of hydrogen-bond donors (Lipinski definition) is 2. The lowest BCUT2D eigenvalue weighted by molar-refractivity contribution is -0.118. The second-order valence-corrected chi connectivity index (χ2v) is 7.73. The molecule has 3 N–H and O–H groups in total. The molecule has 8 nitrogen and oxygen atoms in total. The number of benzene rings is 1. The van der Waals surface area contributed by atoms with E-state index in [0.717, 1.165) is 6.42 Å². The van der Waals surface area contributed by atoms with Crippen LogP contribution < -0.4 is 11.1 Å². The Kier molecular flexibility index (Phi) is 7.74. The number of carbonyl (C=O) groups excluding carboxylic acids is 3. The van der Waals surface area contributed by atoms with Crippen molar-refractivity contribution in [3.8, 4) is 0 Å². The number of aromatic nitrogens is 3. The second-order valence-electron chi connectivity index (χ2n) is 6.42. The van der Waals surface area contributed by atoms with E-state index >= 15 is 0 Å². The highest BCUT2D eigenvalue weighted by Gasteiger charge is 2.20. The van der Waals surface area contributed by atoms with Crippen molar-refractivity contribution in [1.29, 1.82) is 0 Å². The predicted molar refractivity (Wildman–Crippen MR) is 108 cm³/mol. The number of ketones is 1. The minimum absolute atomic E-state index is 0.0417. The molecule has 2 aromatic rings. The van der Waals surface area contributed by atoms with Crippen molar-refractivity contribution in [3.63, 3.8) is 0 Å².